The molecule has 0 spiro atoms. The van der Waals surface area contributed by atoms with E-state index in [4.69, 9.17) is 0 Å². The van der Waals surface area contributed by atoms with E-state index >= 15 is 0 Å². The number of hydrogen-bond donors (Lipinski definition) is 1. The normalized spacial score (nSPS) is 10.8. The second-order valence-electron chi connectivity index (χ2n) is 3.85. The first kappa shape index (κ1) is 13.0. The van der Waals surface area contributed by atoms with Crippen LogP contribution >= 0.6 is 11.5 Å². The Hall–Kier alpha value is -1.40. The van der Waals surface area contributed by atoms with Crippen LogP contribution in [0.2, 0.25) is 0 Å². The fourth-order valence-corrected chi connectivity index (χ4v) is 2.21. The van der Waals surface area contributed by atoms with E-state index in [1.807, 2.05) is 0 Å². The molecule has 0 aliphatic heterocycles. The maximum absolute atomic E-state index is 13.7. The number of hydrogen-bond acceptors (Lipinski definition) is 4. The highest BCUT2D eigenvalue weighted by molar-refractivity contribution is 7.05. The zero-order chi connectivity index (χ0) is 13.0. The Morgan fingerprint density at radius 3 is 2.89 bits per heavy atom. The Morgan fingerprint density at radius 2 is 2.17 bits per heavy atom. The minimum absolute atomic E-state index is 0.290. The van der Waals surface area contributed by atoms with Gasteiger partial charge in [0.05, 0.1) is 4.88 Å². The summed E-state index contributed by atoms with van der Waals surface area (Å²) in [6, 6.07) is 3.48. The number of nitrogens with zero attached hydrogens (tertiary/aromatic N) is 2. The van der Waals surface area contributed by atoms with E-state index in [-0.39, 0.29) is 0 Å². The van der Waals surface area contributed by atoms with E-state index in [2.05, 4.69) is 21.8 Å². The van der Waals surface area contributed by atoms with Crippen LogP contribution in [0.1, 0.15) is 18.2 Å². The fourth-order valence-electron chi connectivity index (χ4n) is 1.59. The maximum atomic E-state index is 13.7. The Kier molecular flexibility index (Phi) is 4.33. The van der Waals surface area contributed by atoms with Gasteiger partial charge in [-0.05, 0) is 36.6 Å². The molecule has 1 aromatic carbocycles. The molecule has 0 aliphatic rings. The molecule has 1 heterocycles. The van der Waals surface area contributed by atoms with Crippen LogP contribution in [0.5, 0.6) is 0 Å². The summed E-state index contributed by atoms with van der Waals surface area (Å²) in [7, 11) is 0. The number of rotatable bonds is 5. The van der Waals surface area contributed by atoms with Crippen molar-refractivity contribution >= 4 is 11.5 Å². The first-order chi connectivity index (χ1) is 8.72. The van der Waals surface area contributed by atoms with Crippen molar-refractivity contribution in [1.29, 1.82) is 0 Å². The van der Waals surface area contributed by atoms with Gasteiger partial charge in [0.15, 0.2) is 0 Å². The highest BCUT2D eigenvalue weighted by atomic mass is 32.1. The van der Waals surface area contributed by atoms with Gasteiger partial charge in [-0.2, -0.15) is 0 Å². The number of aromatic nitrogens is 2. The molecule has 6 heteroatoms. The van der Waals surface area contributed by atoms with Crippen LogP contribution in [0.3, 0.4) is 0 Å². The molecule has 0 fully saturated rings. The predicted molar refractivity (Wildman–Crippen MR) is 67.3 cm³/mol. The lowest BCUT2D eigenvalue weighted by atomic mass is 10.1. The van der Waals surface area contributed by atoms with Crippen LogP contribution in [-0.2, 0) is 6.54 Å². The molecule has 0 saturated carbocycles. The van der Waals surface area contributed by atoms with Gasteiger partial charge in [0.1, 0.15) is 17.3 Å². The summed E-state index contributed by atoms with van der Waals surface area (Å²) in [5.41, 5.74) is 0.777. The Balaban J connectivity index is 2.25. The molecule has 0 saturated heterocycles. The second kappa shape index (κ2) is 5.97. The van der Waals surface area contributed by atoms with Crippen molar-refractivity contribution in [3.63, 3.8) is 0 Å². The lowest BCUT2D eigenvalue weighted by Crippen LogP contribution is -2.13. The molecule has 0 radical (unpaired) electrons. The van der Waals surface area contributed by atoms with Gasteiger partial charge < -0.3 is 5.32 Å². The number of nitrogens with one attached hydrogen (secondary N) is 1. The molecular weight excluding hydrogens is 256 g/mol. The van der Waals surface area contributed by atoms with E-state index < -0.39 is 11.6 Å². The van der Waals surface area contributed by atoms with Gasteiger partial charge in [-0.3, -0.25) is 0 Å². The van der Waals surface area contributed by atoms with Crippen LogP contribution in [-0.4, -0.2) is 16.1 Å². The van der Waals surface area contributed by atoms with Crippen LogP contribution in [0.4, 0.5) is 8.78 Å². The molecule has 2 rings (SSSR count). The van der Waals surface area contributed by atoms with Gasteiger partial charge in [0.25, 0.3) is 0 Å². The van der Waals surface area contributed by atoms with E-state index in [9.17, 15) is 8.78 Å². The third-order valence-electron chi connectivity index (χ3n) is 2.45. The molecule has 1 N–H and O–H groups in total. The molecule has 3 nitrogen and oxygen atoms in total. The Morgan fingerprint density at radius 1 is 1.33 bits per heavy atom. The van der Waals surface area contributed by atoms with Gasteiger partial charge in [0.2, 0.25) is 0 Å². The maximum Gasteiger partial charge on any atom is 0.135 e. The highest BCUT2D eigenvalue weighted by Crippen LogP contribution is 2.26. The third kappa shape index (κ3) is 2.88. The Bertz CT molecular complexity index is 528. The molecule has 0 atom stereocenters. The van der Waals surface area contributed by atoms with E-state index in [0.29, 0.717) is 17.8 Å². The van der Waals surface area contributed by atoms with E-state index in [0.717, 1.165) is 23.9 Å². The van der Waals surface area contributed by atoms with Crippen molar-refractivity contribution < 1.29 is 8.78 Å². The van der Waals surface area contributed by atoms with Gasteiger partial charge in [-0.1, -0.05) is 11.4 Å². The second-order valence-corrected chi connectivity index (χ2v) is 4.68. The van der Waals surface area contributed by atoms with Gasteiger partial charge in [-0.25, -0.2) is 8.78 Å². The van der Waals surface area contributed by atoms with Gasteiger partial charge in [-0.15, -0.1) is 5.10 Å². The number of benzene rings is 1. The lowest BCUT2D eigenvalue weighted by molar-refractivity contribution is 0.585. The van der Waals surface area contributed by atoms with Crippen molar-refractivity contribution in [2.24, 2.45) is 0 Å². The largest absolute Gasteiger partial charge is 0.312 e. The van der Waals surface area contributed by atoms with Crippen LogP contribution in [0.25, 0.3) is 11.3 Å². The summed E-state index contributed by atoms with van der Waals surface area (Å²) >= 11 is 1.22. The van der Waals surface area contributed by atoms with Crippen LogP contribution in [0, 0.1) is 11.6 Å². The first-order valence-corrected chi connectivity index (χ1v) is 6.47. The molecule has 1 aromatic heterocycles. The highest BCUT2D eigenvalue weighted by Gasteiger charge is 2.14. The van der Waals surface area contributed by atoms with Crippen molar-refractivity contribution in [2.75, 3.05) is 6.54 Å². The monoisotopic (exact) mass is 269 g/mol. The average molecular weight is 269 g/mol. The predicted octanol–water partition coefficient (Wildman–Crippen LogP) is 2.98. The minimum atomic E-state index is -0.612. The quantitative estimate of drug-likeness (QED) is 0.848. The summed E-state index contributed by atoms with van der Waals surface area (Å²) in [6.45, 7) is 3.54. The SMILES string of the molecule is CCCNCc1snnc1-c1ccc(F)cc1F. The minimum Gasteiger partial charge on any atom is -0.312 e. The molecule has 2 aromatic rings. The molecule has 0 unspecified atom stereocenters. The Labute approximate surface area is 108 Å². The fraction of sp³-hybridized carbons (Fsp3) is 0.333. The standard InChI is InChI=1S/C12H13F2N3S/c1-2-5-15-7-11-12(16-17-18-11)9-4-3-8(13)6-10(9)14/h3-4,6,15H,2,5,7H2,1H3. The topological polar surface area (TPSA) is 37.8 Å². The lowest BCUT2D eigenvalue weighted by Gasteiger charge is -2.04. The smallest absolute Gasteiger partial charge is 0.135 e. The van der Waals surface area contributed by atoms with Crippen molar-refractivity contribution in [3.05, 3.63) is 34.7 Å². The molecule has 0 amide bonds. The molecule has 96 valence electrons. The van der Waals surface area contributed by atoms with Crippen LogP contribution < -0.4 is 5.32 Å². The molecular formula is C12H13F2N3S. The average Bonchev–Trinajstić information content (AvgIpc) is 2.78. The van der Waals surface area contributed by atoms with Crippen molar-refractivity contribution in [2.45, 2.75) is 19.9 Å². The summed E-state index contributed by atoms with van der Waals surface area (Å²) in [5.74, 6) is -1.20. The summed E-state index contributed by atoms with van der Waals surface area (Å²) in [5, 5.41) is 7.13. The molecule has 18 heavy (non-hydrogen) atoms. The summed E-state index contributed by atoms with van der Waals surface area (Å²) in [4.78, 5) is 0.856. The van der Waals surface area contributed by atoms with Crippen LogP contribution in [0.15, 0.2) is 18.2 Å². The number of halogens is 2. The van der Waals surface area contributed by atoms with E-state index in [1.54, 1.807) is 0 Å². The van der Waals surface area contributed by atoms with Crippen molar-refractivity contribution in [1.82, 2.24) is 14.9 Å². The van der Waals surface area contributed by atoms with Gasteiger partial charge in [0, 0.05) is 18.2 Å². The zero-order valence-electron chi connectivity index (χ0n) is 9.91. The summed E-state index contributed by atoms with van der Waals surface area (Å²) in [6.07, 6.45) is 1.02. The zero-order valence-corrected chi connectivity index (χ0v) is 10.7. The molecule has 0 aliphatic carbocycles. The molecule has 0 bridgehead atoms. The van der Waals surface area contributed by atoms with Crippen molar-refractivity contribution in [3.8, 4) is 11.3 Å². The summed E-state index contributed by atoms with van der Waals surface area (Å²) < 4.78 is 30.3. The third-order valence-corrected chi connectivity index (χ3v) is 3.18. The van der Waals surface area contributed by atoms with Gasteiger partial charge >= 0.3 is 0 Å². The first-order valence-electron chi connectivity index (χ1n) is 5.69. The van der Waals surface area contributed by atoms with E-state index in [1.165, 1.54) is 23.7 Å².